The van der Waals surface area contributed by atoms with Gasteiger partial charge in [0.25, 0.3) is 0 Å². The molecule has 0 amide bonds. The fraction of sp³-hybridized carbons (Fsp3) is 0.583. The summed E-state index contributed by atoms with van der Waals surface area (Å²) < 4.78 is 2.11. The van der Waals surface area contributed by atoms with Gasteiger partial charge in [0.2, 0.25) is 0 Å². The van der Waals surface area contributed by atoms with Crippen molar-refractivity contribution in [3.8, 4) is 0 Å². The molecule has 0 saturated carbocycles. The molecule has 2 aromatic heterocycles. The molecule has 2 aromatic rings. The molecule has 0 aliphatic carbocycles. The number of nitrogens with zero attached hydrogens (tertiary/aromatic N) is 2. The van der Waals surface area contributed by atoms with Gasteiger partial charge >= 0.3 is 0 Å². The summed E-state index contributed by atoms with van der Waals surface area (Å²) in [5, 5.41) is 5.59. The minimum Gasteiger partial charge on any atom is -0.314 e. The number of hydrogen-bond acceptors (Lipinski definition) is 3. The average molecular weight is 237 g/mol. The molecule has 4 heteroatoms. The van der Waals surface area contributed by atoms with Gasteiger partial charge in [0.05, 0.1) is 5.69 Å². The number of hydrogen-bond donors (Lipinski definition) is 1. The maximum absolute atomic E-state index is 4.62. The number of thiazole rings is 1. The summed E-state index contributed by atoms with van der Waals surface area (Å²) in [5.41, 5.74) is 1.20. The van der Waals surface area contributed by atoms with E-state index in [9.17, 15) is 0 Å². The van der Waals surface area contributed by atoms with E-state index >= 15 is 0 Å². The lowest BCUT2D eigenvalue weighted by Gasteiger charge is -2.15. The molecule has 2 heterocycles. The van der Waals surface area contributed by atoms with Gasteiger partial charge in [0.1, 0.15) is 0 Å². The molecule has 0 aliphatic rings. The van der Waals surface area contributed by atoms with Crippen LogP contribution in [0.4, 0.5) is 0 Å². The maximum Gasteiger partial charge on any atom is 0.193 e. The predicted octanol–water partition coefficient (Wildman–Crippen LogP) is 2.72. The van der Waals surface area contributed by atoms with Crippen molar-refractivity contribution in [1.82, 2.24) is 14.7 Å². The first-order chi connectivity index (χ1) is 7.83. The third kappa shape index (κ3) is 2.62. The van der Waals surface area contributed by atoms with Gasteiger partial charge in [-0.15, -0.1) is 11.3 Å². The minimum absolute atomic E-state index is 0.569. The Morgan fingerprint density at radius 2 is 2.38 bits per heavy atom. The molecule has 16 heavy (non-hydrogen) atoms. The fourth-order valence-corrected chi connectivity index (χ4v) is 2.76. The average Bonchev–Trinajstić information content (AvgIpc) is 2.78. The van der Waals surface area contributed by atoms with E-state index in [1.165, 1.54) is 18.5 Å². The van der Waals surface area contributed by atoms with E-state index in [1.807, 2.05) is 0 Å². The molecule has 0 bridgehead atoms. The molecule has 0 radical (unpaired) electrons. The highest BCUT2D eigenvalue weighted by molar-refractivity contribution is 7.15. The van der Waals surface area contributed by atoms with Crippen LogP contribution in [0, 0.1) is 0 Å². The van der Waals surface area contributed by atoms with Crippen molar-refractivity contribution >= 4 is 16.3 Å². The standard InChI is InChI=1S/C12H19N3S/c1-3-5-10(13-4-2)8-11-9-15-6-7-16-12(15)14-11/h6-7,9-10,13H,3-5,8H2,1-2H3. The van der Waals surface area contributed by atoms with E-state index < -0.39 is 0 Å². The predicted molar refractivity (Wildman–Crippen MR) is 69.1 cm³/mol. The van der Waals surface area contributed by atoms with Crippen LogP contribution >= 0.6 is 11.3 Å². The SMILES string of the molecule is CCCC(Cc1cn2ccsc2n1)NCC. The van der Waals surface area contributed by atoms with Crippen molar-refractivity contribution in [2.45, 2.75) is 39.2 Å². The van der Waals surface area contributed by atoms with Crippen molar-refractivity contribution in [2.75, 3.05) is 6.54 Å². The van der Waals surface area contributed by atoms with Gasteiger partial charge in [0.15, 0.2) is 4.96 Å². The monoisotopic (exact) mass is 237 g/mol. The number of fused-ring (bicyclic) bond motifs is 1. The Morgan fingerprint density at radius 1 is 1.50 bits per heavy atom. The van der Waals surface area contributed by atoms with Gasteiger partial charge in [0, 0.05) is 30.2 Å². The second kappa shape index (κ2) is 5.46. The summed E-state index contributed by atoms with van der Waals surface area (Å²) in [4.78, 5) is 5.72. The van der Waals surface area contributed by atoms with Gasteiger partial charge in [-0.3, -0.25) is 4.40 Å². The van der Waals surface area contributed by atoms with Crippen LogP contribution in [-0.2, 0) is 6.42 Å². The van der Waals surface area contributed by atoms with E-state index in [1.54, 1.807) is 11.3 Å². The summed E-state index contributed by atoms with van der Waals surface area (Å²) in [6.45, 7) is 5.43. The van der Waals surface area contributed by atoms with Crippen LogP contribution in [0.25, 0.3) is 4.96 Å². The Bertz CT molecular complexity index is 398. The van der Waals surface area contributed by atoms with Crippen LogP contribution in [0.5, 0.6) is 0 Å². The number of imidazole rings is 1. The molecule has 1 N–H and O–H groups in total. The molecular formula is C12H19N3S. The second-order valence-electron chi connectivity index (χ2n) is 4.07. The van der Waals surface area contributed by atoms with Crippen LogP contribution in [-0.4, -0.2) is 22.0 Å². The van der Waals surface area contributed by atoms with E-state index in [0.717, 1.165) is 17.9 Å². The highest BCUT2D eigenvalue weighted by atomic mass is 32.1. The minimum atomic E-state index is 0.569. The van der Waals surface area contributed by atoms with Crippen molar-refractivity contribution in [3.05, 3.63) is 23.5 Å². The molecule has 88 valence electrons. The summed E-state index contributed by atoms with van der Waals surface area (Å²) in [7, 11) is 0. The Hall–Kier alpha value is -0.870. The molecule has 0 fully saturated rings. The molecule has 3 nitrogen and oxygen atoms in total. The van der Waals surface area contributed by atoms with Crippen LogP contribution in [0.15, 0.2) is 17.8 Å². The van der Waals surface area contributed by atoms with Crippen LogP contribution in [0.1, 0.15) is 32.4 Å². The van der Waals surface area contributed by atoms with Gasteiger partial charge in [-0.05, 0) is 13.0 Å². The van der Waals surface area contributed by atoms with E-state index in [0.29, 0.717) is 6.04 Å². The van der Waals surface area contributed by atoms with Crippen LogP contribution < -0.4 is 5.32 Å². The second-order valence-corrected chi connectivity index (χ2v) is 4.95. The Balaban J connectivity index is 2.03. The highest BCUT2D eigenvalue weighted by Crippen LogP contribution is 2.13. The smallest absolute Gasteiger partial charge is 0.193 e. The first-order valence-electron chi connectivity index (χ1n) is 5.98. The zero-order chi connectivity index (χ0) is 11.4. The topological polar surface area (TPSA) is 29.3 Å². The lowest BCUT2D eigenvalue weighted by atomic mass is 10.1. The summed E-state index contributed by atoms with van der Waals surface area (Å²) in [5.74, 6) is 0. The molecule has 0 aliphatic heterocycles. The number of rotatable bonds is 6. The van der Waals surface area contributed by atoms with Gasteiger partial charge in [-0.2, -0.15) is 0 Å². The highest BCUT2D eigenvalue weighted by Gasteiger charge is 2.10. The normalized spacial score (nSPS) is 13.4. The van der Waals surface area contributed by atoms with Gasteiger partial charge < -0.3 is 5.32 Å². The zero-order valence-corrected chi connectivity index (χ0v) is 10.8. The van der Waals surface area contributed by atoms with Crippen LogP contribution in [0.2, 0.25) is 0 Å². The molecule has 0 aromatic carbocycles. The Kier molecular flexibility index (Phi) is 3.96. The van der Waals surface area contributed by atoms with Gasteiger partial charge in [-0.1, -0.05) is 20.3 Å². The number of likely N-dealkylation sites (N-methyl/N-ethyl adjacent to an activating group) is 1. The van der Waals surface area contributed by atoms with Crippen molar-refractivity contribution in [2.24, 2.45) is 0 Å². The third-order valence-corrected chi connectivity index (χ3v) is 3.50. The summed E-state index contributed by atoms with van der Waals surface area (Å²) >= 11 is 1.69. The van der Waals surface area contributed by atoms with Crippen molar-refractivity contribution < 1.29 is 0 Å². The quantitative estimate of drug-likeness (QED) is 0.837. The fourth-order valence-electron chi connectivity index (χ4n) is 2.04. The zero-order valence-electron chi connectivity index (χ0n) is 9.94. The molecule has 1 unspecified atom stereocenters. The molecule has 0 spiro atoms. The lowest BCUT2D eigenvalue weighted by Crippen LogP contribution is -2.30. The van der Waals surface area contributed by atoms with Crippen molar-refractivity contribution in [3.63, 3.8) is 0 Å². The molecule has 2 rings (SSSR count). The molecule has 0 saturated heterocycles. The first-order valence-corrected chi connectivity index (χ1v) is 6.86. The largest absolute Gasteiger partial charge is 0.314 e. The Labute approximate surface area is 101 Å². The van der Waals surface area contributed by atoms with Crippen LogP contribution in [0.3, 0.4) is 0 Å². The van der Waals surface area contributed by atoms with Gasteiger partial charge in [-0.25, -0.2) is 4.98 Å². The van der Waals surface area contributed by atoms with Crippen molar-refractivity contribution in [1.29, 1.82) is 0 Å². The summed E-state index contributed by atoms with van der Waals surface area (Å²) in [6.07, 6.45) is 7.69. The first kappa shape index (κ1) is 11.6. The molecule has 1 atom stereocenters. The summed E-state index contributed by atoms with van der Waals surface area (Å²) in [6, 6.07) is 0.569. The number of nitrogens with one attached hydrogen (secondary N) is 1. The lowest BCUT2D eigenvalue weighted by molar-refractivity contribution is 0.482. The molecular weight excluding hydrogens is 218 g/mol. The van der Waals surface area contributed by atoms with E-state index in [2.05, 4.69) is 46.3 Å². The Morgan fingerprint density at radius 3 is 3.06 bits per heavy atom. The van der Waals surface area contributed by atoms with E-state index in [4.69, 9.17) is 0 Å². The van der Waals surface area contributed by atoms with E-state index in [-0.39, 0.29) is 0 Å². The third-order valence-electron chi connectivity index (χ3n) is 2.73. The maximum atomic E-state index is 4.62. The number of aromatic nitrogens is 2.